The molecule has 21 heavy (non-hydrogen) atoms. The zero-order valence-electron chi connectivity index (χ0n) is 13.0. The van der Waals surface area contributed by atoms with Crippen LogP contribution in [0.5, 0.6) is 5.75 Å². The van der Waals surface area contributed by atoms with E-state index >= 15 is 0 Å². The van der Waals surface area contributed by atoms with Gasteiger partial charge in [-0.2, -0.15) is 0 Å². The van der Waals surface area contributed by atoms with E-state index in [1.807, 2.05) is 18.2 Å². The topological polar surface area (TPSA) is 38.5 Å². The normalized spacial score (nSPS) is 12.0. The maximum absolute atomic E-state index is 6.12. The van der Waals surface area contributed by atoms with Gasteiger partial charge in [-0.1, -0.05) is 31.2 Å². The van der Waals surface area contributed by atoms with Crippen LogP contribution in [0.15, 0.2) is 48.5 Å². The summed E-state index contributed by atoms with van der Waals surface area (Å²) in [5.41, 5.74) is 9.69. The van der Waals surface area contributed by atoms with Gasteiger partial charge >= 0.3 is 0 Å². The Morgan fingerprint density at radius 3 is 2.62 bits per heavy atom. The van der Waals surface area contributed by atoms with Gasteiger partial charge in [-0.15, -0.1) is 0 Å². The monoisotopic (exact) mass is 284 g/mol. The molecule has 0 spiro atoms. The molecule has 0 aliphatic carbocycles. The fraction of sp³-hybridized carbons (Fsp3) is 0.333. The summed E-state index contributed by atoms with van der Waals surface area (Å²) in [5, 5.41) is 0. The minimum absolute atomic E-state index is 0.199. The maximum Gasteiger partial charge on any atom is 0.120 e. The molecule has 0 saturated heterocycles. The first-order chi connectivity index (χ1) is 10.2. The number of nitrogens with two attached hydrogens (primary N) is 1. The van der Waals surface area contributed by atoms with Crippen LogP contribution in [0.1, 0.15) is 18.9 Å². The summed E-state index contributed by atoms with van der Waals surface area (Å²) in [6.45, 7) is 2.12. The van der Waals surface area contributed by atoms with E-state index in [2.05, 4.69) is 49.2 Å². The molecule has 2 N–H and O–H groups in total. The van der Waals surface area contributed by atoms with Crippen molar-refractivity contribution in [2.45, 2.75) is 25.8 Å². The van der Waals surface area contributed by atoms with Crippen LogP contribution in [0.2, 0.25) is 0 Å². The molecule has 0 amide bonds. The Morgan fingerprint density at radius 1 is 1.14 bits per heavy atom. The summed E-state index contributed by atoms with van der Waals surface area (Å²) in [4.78, 5) is 2.18. The number of ether oxygens (including phenoxy) is 1. The molecular weight excluding hydrogens is 260 g/mol. The van der Waals surface area contributed by atoms with Crippen LogP contribution in [0.3, 0.4) is 0 Å². The van der Waals surface area contributed by atoms with Gasteiger partial charge < -0.3 is 15.4 Å². The average Bonchev–Trinajstić information content (AvgIpc) is 2.54. The van der Waals surface area contributed by atoms with Crippen LogP contribution in [0.25, 0.3) is 0 Å². The highest BCUT2D eigenvalue weighted by Gasteiger charge is 2.11. The van der Waals surface area contributed by atoms with Crippen molar-refractivity contribution in [2.24, 2.45) is 5.73 Å². The van der Waals surface area contributed by atoms with Crippen LogP contribution in [-0.4, -0.2) is 20.2 Å². The van der Waals surface area contributed by atoms with E-state index in [4.69, 9.17) is 10.5 Å². The van der Waals surface area contributed by atoms with Crippen LogP contribution in [-0.2, 0) is 6.42 Å². The van der Waals surface area contributed by atoms with E-state index in [1.165, 1.54) is 11.3 Å². The highest BCUT2D eigenvalue weighted by molar-refractivity contribution is 5.67. The third-order valence-corrected chi connectivity index (χ3v) is 3.80. The van der Waals surface area contributed by atoms with Crippen molar-refractivity contribution in [3.63, 3.8) is 0 Å². The zero-order chi connectivity index (χ0) is 15.2. The van der Waals surface area contributed by atoms with Gasteiger partial charge in [0.25, 0.3) is 0 Å². The Morgan fingerprint density at radius 2 is 1.90 bits per heavy atom. The lowest BCUT2D eigenvalue weighted by atomic mass is 10.0. The van der Waals surface area contributed by atoms with Crippen molar-refractivity contribution >= 4 is 11.4 Å². The summed E-state index contributed by atoms with van der Waals surface area (Å²) in [5.74, 6) is 0.863. The van der Waals surface area contributed by atoms with Crippen molar-refractivity contribution < 1.29 is 4.74 Å². The average molecular weight is 284 g/mol. The number of anilines is 2. The first-order valence-corrected chi connectivity index (χ1v) is 7.37. The molecule has 0 saturated carbocycles. The fourth-order valence-electron chi connectivity index (χ4n) is 2.40. The van der Waals surface area contributed by atoms with E-state index in [1.54, 1.807) is 7.11 Å². The molecule has 112 valence electrons. The summed E-state index contributed by atoms with van der Waals surface area (Å²) < 4.78 is 5.31. The molecule has 0 aliphatic rings. The summed E-state index contributed by atoms with van der Waals surface area (Å²) in [6, 6.07) is 16.7. The minimum atomic E-state index is 0.199. The number of benzene rings is 2. The predicted octanol–water partition coefficient (Wildman–Crippen LogP) is 3.74. The lowest BCUT2D eigenvalue weighted by Gasteiger charge is -2.24. The number of nitrogens with zero attached hydrogens (tertiary/aromatic N) is 1. The van der Waals surface area contributed by atoms with E-state index in [9.17, 15) is 0 Å². The first kappa shape index (κ1) is 15.4. The highest BCUT2D eigenvalue weighted by atomic mass is 16.5. The number of methoxy groups -OCH3 is 1. The Bertz CT molecular complexity index is 583. The molecule has 3 heteroatoms. The third-order valence-electron chi connectivity index (χ3n) is 3.80. The van der Waals surface area contributed by atoms with Crippen molar-refractivity contribution in [1.29, 1.82) is 0 Å². The molecule has 0 aromatic heterocycles. The standard InChI is InChI=1S/C18H24N2O/c1-4-15(19)12-14-8-5-6-11-18(14)20(2)16-9-7-10-17(13-16)21-3/h5-11,13,15H,4,12,19H2,1-3H3. The van der Waals surface area contributed by atoms with Crippen LogP contribution < -0.4 is 15.4 Å². The lowest BCUT2D eigenvalue weighted by molar-refractivity contribution is 0.415. The van der Waals surface area contributed by atoms with Gasteiger partial charge in [-0.05, 0) is 36.6 Å². The van der Waals surface area contributed by atoms with E-state index in [0.29, 0.717) is 0 Å². The second kappa shape index (κ2) is 7.14. The molecule has 2 aromatic rings. The van der Waals surface area contributed by atoms with Gasteiger partial charge in [-0.25, -0.2) is 0 Å². The molecule has 2 aromatic carbocycles. The number of hydrogen-bond donors (Lipinski definition) is 1. The highest BCUT2D eigenvalue weighted by Crippen LogP contribution is 2.29. The van der Waals surface area contributed by atoms with E-state index < -0.39 is 0 Å². The van der Waals surface area contributed by atoms with Crippen molar-refractivity contribution in [1.82, 2.24) is 0 Å². The smallest absolute Gasteiger partial charge is 0.120 e. The van der Waals surface area contributed by atoms with Crippen molar-refractivity contribution in [3.8, 4) is 5.75 Å². The van der Waals surface area contributed by atoms with Crippen LogP contribution in [0.4, 0.5) is 11.4 Å². The summed E-state index contributed by atoms with van der Waals surface area (Å²) in [7, 11) is 3.76. The fourth-order valence-corrected chi connectivity index (χ4v) is 2.40. The van der Waals surface area contributed by atoms with Gasteiger partial charge in [0.2, 0.25) is 0 Å². The first-order valence-electron chi connectivity index (χ1n) is 7.37. The molecule has 0 bridgehead atoms. The number of hydrogen-bond acceptors (Lipinski definition) is 3. The molecule has 1 unspecified atom stereocenters. The SMILES string of the molecule is CCC(N)Cc1ccccc1N(C)c1cccc(OC)c1. The van der Waals surface area contributed by atoms with E-state index in [-0.39, 0.29) is 6.04 Å². The third kappa shape index (κ3) is 3.76. The largest absolute Gasteiger partial charge is 0.497 e. The van der Waals surface area contributed by atoms with Crippen molar-refractivity contribution in [2.75, 3.05) is 19.1 Å². The molecule has 2 rings (SSSR count). The van der Waals surface area contributed by atoms with Crippen LogP contribution in [0, 0.1) is 0 Å². The molecule has 0 radical (unpaired) electrons. The van der Waals surface area contributed by atoms with Crippen molar-refractivity contribution in [3.05, 3.63) is 54.1 Å². The Balaban J connectivity index is 2.31. The molecule has 0 aliphatic heterocycles. The molecule has 1 atom stereocenters. The number of rotatable bonds is 6. The predicted molar refractivity (Wildman–Crippen MR) is 89.5 cm³/mol. The zero-order valence-corrected chi connectivity index (χ0v) is 13.0. The van der Waals surface area contributed by atoms with Gasteiger partial charge in [0.15, 0.2) is 0 Å². The quantitative estimate of drug-likeness (QED) is 0.878. The maximum atomic E-state index is 6.12. The lowest BCUT2D eigenvalue weighted by Crippen LogP contribution is -2.23. The molecule has 0 fully saturated rings. The second-order valence-corrected chi connectivity index (χ2v) is 5.26. The van der Waals surface area contributed by atoms with Gasteiger partial charge in [0, 0.05) is 30.5 Å². The van der Waals surface area contributed by atoms with Crippen LogP contribution >= 0.6 is 0 Å². The summed E-state index contributed by atoms with van der Waals surface area (Å²) in [6.07, 6.45) is 1.87. The Kier molecular flexibility index (Phi) is 5.23. The molecule has 0 heterocycles. The number of para-hydroxylation sites is 1. The van der Waals surface area contributed by atoms with Gasteiger partial charge in [0.05, 0.1) is 7.11 Å². The molecular formula is C18H24N2O. The Labute approximate surface area is 127 Å². The van der Waals surface area contributed by atoms with E-state index in [0.717, 1.165) is 24.3 Å². The van der Waals surface area contributed by atoms with Gasteiger partial charge in [-0.3, -0.25) is 0 Å². The molecule has 3 nitrogen and oxygen atoms in total. The Hall–Kier alpha value is -2.00. The minimum Gasteiger partial charge on any atom is -0.497 e. The summed E-state index contributed by atoms with van der Waals surface area (Å²) >= 11 is 0. The second-order valence-electron chi connectivity index (χ2n) is 5.26. The van der Waals surface area contributed by atoms with Gasteiger partial charge in [0.1, 0.15) is 5.75 Å².